The summed E-state index contributed by atoms with van der Waals surface area (Å²) in [6, 6.07) is 10.2. The van der Waals surface area contributed by atoms with E-state index in [1.165, 1.54) is 62.6 Å². The third-order valence-corrected chi connectivity index (χ3v) is 5.53. The highest BCUT2D eigenvalue weighted by molar-refractivity contribution is 7.87. The fourth-order valence-corrected chi connectivity index (χ4v) is 3.79. The van der Waals surface area contributed by atoms with Gasteiger partial charge in [0.2, 0.25) is 0 Å². The molecule has 1 N–H and O–H groups in total. The molecule has 10 heteroatoms. The number of hydrogen-bond acceptors (Lipinski definition) is 8. The number of hydrogen-bond donors (Lipinski definition) is 1. The van der Waals surface area contributed by atoms with Crippen LogP contribution in [-0.2, 0) is 14.9 Å². The minimum atomic E-state index is -4.21. The maximum Gasteiger partial charge on any atom is 0.410 e. The van der Waals surface area contributed by atoms with Gasteiger partial charge in [0.15, 0.2) is 4.90 Å². The molecule has 0 aliphatic rings. The number of benzene rings is 2. The summed E-state index contributed by atoms with van der Waals surface area (Å²) in [6.45, 7) is 5.25. The molecular formula is C22H29NO8S. The fraction of sp³-hybridized carbons (Fsp3) is 0.409. The van der Waals surface area contributed by atoms with Gasteiger partial charge in [-0.05, 0) is 50.6 Å². The highest BCUT2D eigenvalue weighted by Crippen LogP contribution is 2.31. The molecule has 0 bridgehead atoms. The molecule has 0 saturated heterocycles. The van der Waals surface area contributed by atoms with E-state index >= 15 is 0 Å². The lowest BCUT2D eigenvalue weighted by Crippen LogP contribution is -2.36. The molecule has 0 heterocycles. The number of ether oxygens (including phenoxy) is 3. The van der Waals surface area contributed by atoms with Crippen LogP contribution < -0.4 is 13.7 Å². The molecule has 32 heavy (non-hydrogen) atoms. The molecule has 0 spiro atoms. The molecule has 0 saturated carbocycles. The summed E-state index contributed by atoms with van der Waals surface area (Å²) in [7, 11) is 0.0829. The molecule has 0 fully saturated rings. The molecule has 2 aromatic carbocycles. The molecule has 0 aliphatic carbocycles. The van der Waals surface area contributed by atoms with Crippen LogP contribution in [-0.4, -0.2) is 57.9 Å². The Hall–Kier alpha value is -2.98. The summed E-state index contributed by atoms with van der Waals surface area (Å²) >= 11 is 0. The van der Waals surface area contributed by atoms with Crippen molar-refractivity contribution in [1.82, 2.24) is 4.90 Å². The van der Waals surface area contributed by atoms with Crippen LogP contribution in [0, 0.1) is 0 Å². The fourth-order valence-electron chi connectivity index (χ4n) is 2.68. The third-order valence-electron chi connectivity index (χ3n) is 4.26. The molecule has 2 rings (SSSR count). The Morgan fingerprint density at radius 1 is 1.03 bits per heavy atom. The molecule has 0 radical (unpaired) electrons. The van der Waals surface area contributed by atoms with Crippen molar-refractivity contribution in [1.29, 1.82) is 0 Å². The van der Waals surface area contributed by atoms with Crippen molar-refractivity contribution in [3.8, 4) is 17.2 Å². The molecular weight excluding hydrogens is 438 g/mol. The average Bonchev–Trinajstić information content (AvgIpc) is 2.72. The second-order valence-electron chi connectivity index (χ2n) is 8.00. The van der Waals surface area contributed by atoms with Gasteiger partial charge in [0.1, 0.15) is 22.8 Å². The zero-order valence-corrected chi connectivity index (χ0v) is 19.8. The molecule has 0 aromatic heterocycles. The van der Waals surface area contributed by atoms with Gasteiger partial charge in [0.05, 0.1) is 26.9 Å². The van der Waals surface area contributed by atoms with Crippen molar-refractivity contribution < 1.29 is 36.7 Å². The van der Waals surface area contributed by atoms with Crippen LogP contribution in [0.15, 0.2) is 47.4 Å². The predicted molar refractivity (Wildman–Crippen MR) is 118 cm³/mol. The average molecular weight is 468 g/mol. The van der Waals surface area contributed by atoms with Crippen molar-refractivity contribution in [2.45, 2.75) is 37.4 Å². The van der Waals surface area contributed by atoms with Gasteiger partial charge in [-0.2, -0.15) is 8.42 Å². The number of amides is 1. The van der Waals surface area contributed by atoms with E-state index in [-0.39, 0.29) is 22.9 Å². The zero-order chi connectivity index (χ0) is 24.1. The predicted octanol–water partition coefficient (Wildman–Crippen LogP) is 3.37. The normalized spacial score (nSPS) is 12.6. The Morgan fingerprint density at radius 2 is 1.62 bits per heavy atom. The number of carbonyl (C=O) groups is 1. The van der Waals surface area contributed by atoms with Crippen LogP contribution in [0.3, 0.4) is 0 Å². The second kappa shape index (κ2) is 10.1. The molecule has 176 valence electrons. The number of methoxy groups -OCH3 is 2. The van der Waals surface area contributed by atoms with Gasteiger partial charge in [-0.3, -0.25) is 0 Å². The quantitative estimate of drug-likeness (QED) is 0.588. The monoisotopic (exact) mass is 467 g/mol. The Kier molecular flexibility index (Phi) is 7.97. The van der Waals surface area contributed by atoms with Gasteiger partial charge in [0, 0.05) is 13.1 Å². The van der Waals surface area contributed by atoms with E-state index in [1.807, 2.05) is 0 Å². The highest BCUT2D eigenvalue weighted by atomic mass is 32.2. The number of aliphatic hydroxyl groups is 1. The van der Waals surface area contributed by atoms with Crippen molar-refractivity contribution >= 4 is 16.2 Å². The Morgan fingerprint density at radius 3 is 2.16 bits per heavy atom. The van der Waals surface area contributed by atoms with Crippen LogP contribution in [0.25, 0.3) is 0 Å². The van der Waals surface area contributed by atoms with E-state index < -0.39 is 27.9 Å². The maximum atomic E-state index is 12.7. The van der Waals surface area contributed by atoms with E-state index in [0.29, 0.717) is 11.3 Å². The highest BCUT2D eigenvalue weighted by Gasteiger charge is 2.24. The number of aliphatic hydroxyl groups excluding tert-OH is 1. The van der Waals surface area contributed by atoms with E-state index in [9.17, 15) is 18.3 Å². The van der Waals surface area contributed by atoms with E-state index in [4.69, 9.17) is 18.4 Å². The minimum absolute atomic E-state index is 0.00553. The largest absolute Gasteiger partial charge is 0.497 e. The van der Waals surface area contributed by atoms with Gasteiger partial charge in [0.25, 0.3) is 0 Å². The maximum absolute atomic E-state index is 12.7. The summed E-state index contributed by atoms with van der Waals surface area (Å²) in [5.74, 6) is 0.495. The van der Waals surface area contributed by atoms with Gasteiger partial charge < -0.3 is 28.4 Å². The lowest BCUT2D eigenvalue weighted by Gasteiger charge is -2.26. The topological polar surface area (TPSA) is 112 Å². The van der Waals surface area contributed by atoms with Crippen LogP contribution in [0.2, 0.25) is 0 Å². The molecule has 1 amide bonds. The number of rotatable bonds is 8. The van der Waals surface area contributed by atoms with E-state index in [1.54, 1.807) is 26.8 Å². The van der Waals surface area contributed by atoms with E-state index in [0.717, 1.165) is 0 Å². The number of nitrogens with zero attached hydrogens (tertiary/aromatic N) is 1. The van der Waals surface area contributed by atoms with Crippen molar-refractivity contribution in [3.63, 3.8) is 0 Å². The minimum Gasteiger partial charge on any atom is -0.497 e. The van der Waals surface area contributed by atoms with Gasteiger partial charge >= 0.3 is 16.2 Å². The number of carbonyl (C=O) groups excluding carboxylic acids is 1. The standard InChI is InChI=1S/C22H29NO8S/c1-22(2,3)30-21(25)23(4)14-18(24)15-7-9-16(10-8-15)31-32(26,27)20-13-17(28-5)11-12-19(20)29-6/h7-13,18,24H,14H2,1-6H3. The third kappa shape index (κ3) is 6.76. The zero-order valence-electron chi connectivity index (χ0n) is 19.0. The summed E-state index contributed by atoms with van der Waals surface area (Å²) in [6.07, 6.45) is -1.56. The molecule has 1 unspecified atom stereocenters. The second-order valence-corrected chi connectivity index (χ2v) is 9.51. The van der Waals surface area contributed by atoms with E-state index in [2.05, 4.69) is 0 Å². The van der Waals surface area contributed by atoms with Crippen molar-refractivity contribution in [3.05, 3.63) is 48.0 Å². The summed E-state index contributed by atoms with van der Waals surface area (Å²) < 4.78 is 46.1. The first-order valence-electron chi connectivity index (χ1n) is 9.75. The lowest BCUT2D eigenvalue weighted by atomic mass is 10.1. The molecule has 1 atom stereocenters. The van der Waals surface area contributed by atoms with Gasteiger partial charge in [-0.25, -0.2) is 4.79 Å². The summed E-state index contributed by atoms with van der Waals surface area (Å²) in [5, 5.41) is 10.4. The summed E-state index contributed by atoms with van der Waals surface area (Å²) in [5.41, 5.74) is -0.171. The summed E-state index contributed by atoms with van der Waals surface area (Å²) in [4.78, 5) is 13.1. The smallest absolute Gasteiger partial charge is 0.410 e. The Balaban J connectivity index is 2.11. The van der Waals surface area contributed by atoms with Crippen molar-refractivity contribution in [2.75, 3.05) is 27.8 Å². The first kappa shape index (κ1) is 25.3. The van der Waals surface area contributed by atoms with Crippen LogP contribution in [0.1, 0.15) is 32.4 Å². The van der Waals surface area contributed by atoms with Crippen LogP contribution in [0.4, 0.5) is 4.79 Å². The molecule has 9 nitrogen and oxygen atoms in total. The van der Waals surface area contributed by atoms with Gasteiger partial charge in [-0.1, -0.05) is 12.1 Å². The Bertz CT molecular complexity index is 1030. The number of likely N-dealkylation sites (N-methyl/N-ethyl adjacent to an activating group) is 1. The van der Waals surface area contributed by atoms with Crippen LogP contribution in [0.5, 0.6) is 17.2 Å². The lowest BCUT2D eigenvalue weighted by molar-refractivity contribution is 0.0205. The molecule has 0 aliphatic heterocycles. The van der Waals surface area contributed by atoms with Crippen LogP contribution >= 0.6 is 0 Å². The first-order valence-corrected chi connectivity index (χ1v) is 11.2. The molecule has 2 aromatic rings. The van der Waals surface area contributed by atoms with Gasteiger partial charge in [-0.15, -0.1) is 0 Å². The van der Waals surface area contributed by atoms with Crippen molar-refractivity contribution in [2.24, 2.45) is 0 Å². The SMILES string of the molecule is COc1ccc(OC)c(S(=O)(=O)Oc2ccc(C(O)CN(C)C(=O)OC(C)(C)C)cc2)c1. The first-order chi connectivity index (χ1) is 14.9. The Labute approximate surface area is 188 Å².